The molecule has 21 heavy (non-hydrogen) atoms. The zero-order valence-electron chi connectivity index (χ0n) is 11.5. The third-order valence-corrected chi connectivity index (χ3v) is 2.93. The maximum absolute atomic E-state index is 12.0. The lowest BCUT2D eigenvalue weighted by atomic mass is 10.1. The lowest BCUT2D eigenvalue weighted by Crippen LogP contribution is -2.41. The van der Waals surface area contributed by atoms with Crippen LogP contribution >= 0.6 is 0 Å². The first-order valence-corrected chi connectivity index (χ1v) is 6.52. The van der Waals surface area contributed by atoms with Crippen LogP contribution in [0.25, 0.3) is 0 Å². The number of hydrogen-bond acceptors (Lipinski definition) is 3. The van der Waals surface area contributed by atoms with E-state index in [2.05, 4.69) is 10.6 Å². The van der Waals surface area contributed by atoms with Crippen LogP contribution in [0.2, 0.25) is 0 Å². The number of rotatable bonds is 4. The Bertz CT molecular complexity index is 641. The van der Waals surface area contributed by atoms with Crippen LogP contribution in [0.5, 0.6) is 5.75 Å². The first-order chi connectivity index (χ1) is 10.1. The summed E-state index contributed by atoms with van der Waals surface area (Å²) >= 11 is 0. The second-order valence-corrected chi connectivity index (χ2v) is 4.57. The maximum atomic E-state index is 12.0. The van der Waals surface area contributed by atoms with Crippen LogP contribution in [0.15, 0.2) is 54.6 Å². The smallest absolute Gasteiger partial charge is 0.255 e. The molecule has 1 atom stereocenters. The van der Waals surface area contributed by atoms with Crippen LogP contribution in [0.1, 0.15) is 17.3 Å². The molecule has 108 valence electrons. The predicted molar refractivity (Wildman–Crippen MR) is 80.1 cm³/mol. The number of para-hydroxylation sites is 2. The molecule has 0 aliphatic carbocycles. The van der Waals surface area contributed by atoms with Crippen molar-refractivity contribution in [2.45, 2.75) is 13.0 Å². The summed E-state index contributed by atoms with van der Waals surface area (Å²) in [6.07, 6.45) is 0. The van der Waals surface area contributed by atoms with Gasteiger partial charge in [-0.05, 0) is 31.2 Å². The van der Waals surface area contributed by atoms with E-state index in [0.717, 1.165) is 0 Å². The number of phenolic OH excluding ortho intramolecular Hbond substituents is 1. The van der Waals surface area contributed by atoms with Gasteiger partial charge in [0.05, 0.1) is 5.56 Å². The minimum atomic E-state index is -0.725. The zero-order valence-corrected chi connectivity index (χ0v) is 11.5. The van der Waals surface area contributed by atoms with Crippen molar-refractivity contribution < 1.29 is 14.7 Å². The number of nitrogens with one attached hydrogen (secondary N) is 2. The number of carbonyl (C=O) groups excluding carboxylic acids is 2. The van der Waals surface area contributed by atoms with Crippen LogP contribution in [-0.2, 0) is 4.79 Å². The summed E-state index contributed by atoms with van der Waals surface area (Å²) in [6.45, 7) is 1.58. The van der Waals surface area contributed by atoms with E-state index >= 15 is 0 Å². The standard InChI is InChI=1S/C16H16N2O3/c1-11(15(20)18-12-7-3-2-4-8-12)17-16(21)13-9-5-6-10-14(13)19/h2-11,19H,1H3,(H,17,21)(H,18,20). The van der Waals surface area contributed by atoms with E-state index in [4.69, 9.17) is 0 Å². The Morgan fingerprint density at radius 3 is 2.29 bits per heavy atom. The third kappa shape index (κ3) is 3.82. The van der Waals surface area contributed by atoms with Gasteiger partial charge in [-0.25, -0.2) is 0 Å². The van der Waals surface area contributed by atoms with Gasteiger partial charge >= 0.3 is 0 Å². The van der Waals surface area contributed by atoms with Crippen LogP contribution in [0.3, 0.4) is 0 Å². The Labute approximate surface area is 122 Å². The topological polar surface area (TPSA) is 78.4 Å². The van der Waals surface area contributed by atoms with E-state index in [9.17, 15) is 14.7 Å². The Kier molecular flexibility index (Phi) is 4.56. The molecule has 5 nitrogen and oxygen atoms in total. The lowest BCUT2D eigenvalue weighted by molar-refractivity contribution is -0.117. The van der Waals surface area contributed by atoms with Crippen molar-refractivity contribution in [2.24, 2.45) is 0 Å². The van der Waals surface area contributed by atoms with Crippen molar-refractivity contribution in [1.82, 2.24) is 5.32 Å². The molecule has 0 fully saturated rings. The highest BCUT2D eigenvalue weighted by molar-refractivity contribution is 6.02. The quantitative estimate of drug-likeness (QED) is 0.805. The number of phenols is 1. The number of aromatic hydroxyl groups is 1. The maximum Gasteiger partial charge on any atom is 0.255 e. The minimum Gasteiger partial charge on any atom is -0.507 e. The Morgan fingerprint density at radius 1 is 1.00 bits per heavy atom. The van der Waals surface area contributed by atoms with Crippen LogP contribution < -0.4 is 10.6 Å². The highest BCUT2D eigenvalue weighted by atomic mass is 16.3. The molecule has 0 saturated heterocycles. The van der Waals surface area contributed by atoms with E-state index in [-0.39, 0.29) is 17.2 Å². The van der Waals surface area contributed by atoms with Crippen molar-refractivity contribution in [1.29, 1.82) is 0 Å². The van der Waals surface area contributed by atoms with Crippen molar-refractivity contribution in [3.63, 3.8) is 0 Å². The van der Waals surface area contributed by atoms with Gasteiger partial charge in [0, 0.05) is 5.69 Å². The molecule has 1 unspecified atom stereocenters. The normalized spacial score (nSPS) is 11.5. The van der Waals surface area contributed by atoms with E-state index < -0.39 is 11.9 Å². The van der Waals surface area contributed by atoms with Crippen molar-refractivity contribution in [3.05, 3.63) is 60.2 Å². The molecule has 0 aliphatic rings. The molecule has 0 aliphatic heterocycles. The highest BCUT2D eigenvalue weighted by Gasteiger charge is 2.18. The molecular weight excluding hydrogens is 268 g/mol. The molecule has 0 aromatic heterocycles. The number of amides is 2. The summed E-state index contributed by atoms with van der Waals surface area (Å²) in [5.74, 6) is -0.945. The van der Waals surface area contributed by atoms with Crippen molar-refractivity contribution in [3.8, 4) is 5.75 Å². The summed E-state index contributed by atoms with van der Waals surface area (Å²) in [5, 5.41) is 14.8. The summed E-state index contributed by atoms with van der Waals surface area (Å²) in [4.78, 5) is 24.0. The molecule has 0 bridgehead atoms. The molecule has 2 rings (SSSR count). The molecular formula is C16H16N2O3. The van der Waals surface area contributed by atoms with Gasteiger partial charge in [-0.2, -0.15) is 0 Å². The van der Waals surface area contributed by atoms with Gasteiger partial charge in [0.1, 0.15) is 11.8 Å². The van der Waals surface area contributed by atoms with Gasteiger partial charge in [-0.3, -0.25) is 9.59 Å². The molecule has 0 saturated carbocycles. The third-order valence-electron chi connectivity index (χ3n) is 2.93. The number of hydrogen-bond donors (Lipinski definition) is 3. The first kappa shape index (κ1) is 14.6. The fourth-order valence-electron chi connectivity index (χ4n) is 1.78. The van der Waals surface area contributed by atoms with Crippen molar-refractivity contribution >= 4 is 17.5 Å². The molecule has 0 spiro atoms. The number of carbonyl (C=O) groups is 2. The highest BCUT2D eigenvalue weighted by Crippen LogP contribution is 2.15. The Balaban J connectivity index is 1.98. The van der Waals surface area contributed by atoms with Gasteiger partial charge in [-0.15, -0.1) is 0 Å². The van der Waals surface area contributed by atoms with E-state index in [1.165, 1.54) is 12.1 Å². The molecule has 0 heterocycles. The molecule has 2 aromatic carbocycles. The average molecular weight is 284 g/mol. The average Bonchev–Trinajstić information content (AvgIpc) is 2.48. The number of anilines is 1. The predicted octanol–water partition coefficient (Wildman–Crippen LogP) is 2.15. The van der Waals surface area contributed by atoms with Gasteiger partial charge in [0.2, 0.25) is 5.91 Å². The monoisotopic (exact) mass is 284 g/mol. The fraction of sp³-hybridized carbons (Fsp3) is 0.125. The molecule has 5 heteroatoms. The van der Waals surface area contributed by atoms with E-state index in [1.807, 2.05) is 6.07 Å². The summed E-state index contributed by atoms with van der Waals surface area (Å²) in [5.41, 5.74) is 0.794. The second-order valence-electron chi connectivity index (χ2n) is 4.57. The van der Waals surface area contributed by atoms with Gasteiger partial charge in [0.25, 0.3) is 5.91 Å². The fourth-order valence-corrected chi connectivity index (χ4v) is 1.78. The van der Waals surface area contributed by atoms with Crippen LogP contribution in [0, 0.1) is 0 Å². The SMILES string of the molecule is CC(NC(=O)c1ccccc1O)C(=O)Nc1ccccc1. The minimum absolute atomic E-state index is 0.120. The first-order valence-electron chi connectivity index (χ1n) is 6.52. The summed E-state index contributed by atoms with van der Waals surface area (Å²) in [6, 6.07) is 14.4. The summed E-state index contributed by atoms with van der Waals surface area (Å²) in [7, 11) is 0. The zero-order chi connectivity index (χ0) is 15.2. The van der Waals surface area contributed by atoms with Crippen LogP contribution in [0.4, 0.5) is 5.69 Å². The van der Waals surface area contributed by atoms with Crippen LogP contribution in [-0.4, -0.2) is 23.0 Å². The number of benzene rings is 2. The Morgan fingerprint density at radius 2 is 1.62 bits per heavy atom. The largest absolute Gasteiger partial charge is 0.507 e. The van der Waals surface area contributed by atoms with Crippen molar-refractivity contribution in [2.75, 3.05) is 5.32 Å². The van der Waals surface area contributed by atoms with E-state index in [0.29, 0.717) is 5.69 Å². The molecule has 2 amide bonds. The molecule has 3 N–H and O–H groups in total. The molecule has 2 aromatic rings. The Hall–Kier alpha value is -2.82. The van der Waals surface area contributed by atoms with Gasteiger partial charge in [-0.1, -0.05) is 30.3 Å². The van der Waals surface area contributed by atoms with E-state index in [1.54, 1.807) is 43.3 Å². The van der Waals surface area contributed by atoms with Gasteiger partial charge in [0.15, 0.2) is 0 Å². The second kappa shape index (κ2) is 6.56. The summed E-state index contributed by atoms with van der Waals surface area (Å²) < 4.78 is 0. The van der Waals surface area contributed by atoms with Gasteiger partial charge < -0.3 is 15.7 Å². The molecule has 0 radical (unpaired) electrons. The lowest BCUT2D eigenvalue weighted by Gasteiger charge is -2.14.